The summed E-state index contributed by atoms with van der Waals surface area (Å²) in [5.41, 5.74) is 0. The lowest BCUT2D eigenvalue weighted by molar-refractivity contribution is 0.0161. The van der Waals surface area contributed by atoms with Crippen molar-refractivity contribution in [1.82, 2.24) is 4.90 Å². The van der Waals surface area contributed by atoms with Crippen molar-refractivity contribution in [2.45, 2.75) is 25.1 Å². The predicted molar refractivity (Wildman–Crippen MR) is 50.7 cm³/mol. The van der Waals surface area contributed by atoms with Gasteiger partial charge in [0, 0.05) is 19.0 Å². The van der Waals surface area contributed by atoms with Gasteiger partial charge in [0.25, 0.3) is 0 Å². The Morgan fingerprint density at radius 3 is 2.46 bits per heavy atom. The zero-order valence-electron chi connectivity index (χ0n) is 8.12. The third-order valence-corrected chi connectivity index (χ3v) is 3.45. The number of morpholine rings is 1. The van der Waals surface area contributed by atoms with Gasteiger partial charge in [0.1, 0.15) is 0 Å². The first-order valence-corrected chi connectivity index (χ1v) is 5.21. The molecule has 76 valence electrons. The largest absolute Gasteiger partial charge is 0.379 e. The molecule has 13 heavy (non-hydrogen) atoms. The highest BCUT2D eigenvalue weighted by Gasteiger charge is 2.60. The second kappa shape index (κ2) is 3.39. The molecule has 2 saturated heterocycles. The van der Waals surface area contributed by atoms with E-state index in [9.17, 15) is 0 Å². The summed E-state index contributed by atoms with van der Waals surface area (Å²) in [6.07, 6.45) is 0.109. The van der Waals surface area contributed by atoms with Crippen LogP contribution in [0.15, 0.2) is 0 Å². The van der Waals surface area contributed by atoms with E-state index in [1.165, 1.54) is 0 Å². The van der Waals surface area contributed by atoms with E-state index in [0.29, 0.717) is 5.92 Å². The van der Waals surface area contributed by atoms with Crippen LogP contribution in [-0.2, 0) is 9.47 Å². The fourth-order valence-corrected chi connectivity index (χ4v) is 1.92. The van der Waals surface area contributed by atoms with Crippen LogP contribution in [-0.4, -0.2) is 42.5 Å². The maximum Gasteiger partial charge on any atom is 0.185 e. The van der Waals surface area contributed by atoms with Crippen LogP contribution in [0.1, 0.15) is 13.8 Å². The van der Waals surface area contributed by atoms with Crippen LogP contribution in [0.4, 0.5) is 0 Å². The number of alkyl halides is 1. The molecule has 0 aliphatic carbocycles. The minimum absolute atomic E-state index is 0.109. The predicted octanol–water partition coefficient (Wildman–Crippen LogP) is 1.27. The monoisotopic (exact) mass is 205 g/mol. The number of ether oxygens (including phenoxy) is 2. The molecular weight excluding hydrogens is 190 g/mol. The summed E-state index contributed by atoms with van der Waals surface area (Å²) < 4.78 is 10.8. The number of epoxide rings is 1. The number of hydrogen-bond donors (Lipinski definition) is 0. The average Bonchev–Trinajstić information content (AvgIpc) is 2.81. The SMILES string of the molecule is CC(C)C1(Cl)OC1N1CCOCC1. The van der Waals surface area contributed by atoms with Crippen LogP contribution in [0, 0.1) is 5.92 Å². The molecule has 2 aliphatic rings. The molecular formula is C9H16ClNO2. The molecule has 0 saturated carbocycles. The van der Waals surface area contributed by atoms with E-state index < -0.39 is 5.06 Å². The molecule has 2 heterocycles. The van der Waals surface area contributed by atoms with Crippen LogP contribution >= 0.6 is 11.6 Å². The van der Waals surface area contributed by atoms with Gasteiger partial charge < -0.3 is 9.47 Å². The maximum absolute atomic E-state index is 6.27. The van der Waals surface area contributed by atoms with Crippen molar-refractivity contribution in [1.29, 1.82) is 0 Å². The van der Waals surface area contributed by atoms with E-state index in [-0.39, 0.29) is 6.23 Å². The normalized spacial score (nSPS) is 41.1. The number of halogens is 1. The van der Waals surface area contributed by atoms with Gasteiger partial charge in [-0.3, -0.25) is 4.90 Å². The second-order valence-electron chi connectivity index (χ2n) is 3.97. The Balaban J connectivity index is 1.90. The highest BCUT2D eigenvalue weighted by molar-refractivity contribution is 6.25. The van der Waals surface area contributed by atoms with Crippen LogP contribution in [0.2, 0.25) is 0 Å². The molecule has 2 aliphatic heterocycles. The molecule has 0 aromatic rings. The van der Waals surface area contributed by atoms with Crippen molar-refractivity contribution in [3.63, 3.8) is 0 Å². The van der Waals surface area contributed by atoms with Gasteiger partial charge in [0.15, 0.2) is 11.3 Å². The zero-order valence-corrected chi connectivity index (χ0v) is 8.88. The standard InChI is InChI=1S/C9H16ClNO2/c1-7(2)9(10)8(13-9)11-3-5-12-6-4-11/h7-8H,3-6H2,1-2H3. The molecule has 2 rings (SSSR count). The van der Waals surface area contributed by atoms with Crippen LogP contribution in [0.3, 0.4) is 0 Å². The van der Waals surface area contributed by atoms with Gasteiger partial charge in [-0.2, -0.15) is 0 Å². The Morgan fingerprint density at radius 2 is 2.00 bits per heavy atom. The van der Waals surface area contributed by atoms with E-state index in [2.05, 4.69) is 18.7 Å². The molecule has 0 aromatic carbocycles. The first kappa shape index (κ1) is 9.71. The third-order valence-electron chi connectivity index (χ3n) is 2.74. The Labute approximate surface area is 83.9 Å². The van der Waals surface area contributed by atoms with E-state index in [4.69, 9.17) is 21.1 Å². The fraction of sp³-hybridized carbons (Fsp3) is 1.00. The topological polar surface area (TPSA) is 25.0 Å². The van der Waals surface area contributed by atoms with Crippen LogP contribution in [0.5, 0.6) is 0 Å². The summed E-state index contributed by atoms with van der Waals surface area (Å²) in [4.78, 5) is 2.26. The Bertz CT molecular complexity index is 194. The van der Waals surface area contributed by atoms with E-state index in [1.807, 2.05) is 0 Å². The van der Waals surface area contributed by atoms with Crippen molar-refractivity contribution in [2.75, 3.05) is 26.3 Å². The van der Waals surface area contributed by atoms with Crippen molar-refractivity contribution in [3.8, 4) is 0 Å². The molecule has 0 radical (unpaired) electrons. The van der Waals surface area contributed by atoms with Gasteiger partial charge in [0.05, 0.1) is 13.2 Å². The van der Waals surface area contributed by atoms with Gasteiger partial charge in [-0.25, -0.2) is 0 Å². The summed E-state index contributed by atoms with van der Waals surface area (Å²) in [7, 11) is 0. The zero-order chi connectivity index (χ0) is 9.47. The summed E-state index contributed by atoms with van der Waals surface area (Å²) in [5, 5.41) is -0.433. The van der Waals surface area contributed by atoms with E-state index in [1.54, 1.807) is 0 Å². The summed E-state index contributed by atoms with van der Waals surface area (Å²) in [6, 6.07) is 0. The molecule has 3 nitrogen and oxygen atoms in total. The van der Waals surface area contributed by atoms with Crippen molar-refractivity contribution < 1.29 is 9.47 Å². The minimum Gasteiger partial charge on any atom is -0.379 e. The van der Waals surface area contributed by atoms with Gasteiger partial charge in [0.2, 0.25) is 0 Å². The molecule has 0 N–H and O–H groups in total. The van der Waals surface area contributed by atoms with Gasteiger partial charge in [-0.1, -0.05) is 25.4 Å². The van der Waals surface area contributed by atoms with E-state index in [0.717, 1.165) is 26.3 Å². The summed E-state index contributed by atoms with van der Waals surface area (Å²) >= 11 is 6.27. The first-order valence-electron chi connectivity index (χ1n) is 4.83. The van der Waals surface area contributed by atoms with Crippen molar-refractivity contribution in [3.05, 3.63) is 0 Å². The number of hydrogen-bond acceptors (Lipinski definition) is 3. The van der Waals surface area contributed by atoms with E-state index >= 15 is 0 Å². The maximum atomic E-state index is 6.27. The Morgan fingerprint density at radius 1 is 1.38 bits per heavy atom. The third kappa shape index (κ3) is 1.71. The smallest absolute Gasteiger partial charge is 0.185 e. The minimum atomic E-state index is -0.433. The lowest BCUT2D eigenvalue weighted by atomic mass is 10.1. The molecule has 2 atom stereocenters. The van der Waals surface area contributed by atoms with Gasteiger partial charge in [-0.15, -0.1) is 0 Å². The highest BCUT2D eigenvalue weighted by atomic mass is 35.5. The molecule has 0 bridgehead atoms. The summed E-state index contributed by atoms with van der Waals surface area (Å²) in [5.74, 6) is 0.363. The molecule has 0 spiro atoms. The Kier molecular flexibility index (Phi) is 2.53. The Hall–Kier alpha value is 0.170. The lowest BCUT2D eigenvalue weighted by Gasteiger charge is -2.26. The molecule has 0 aromatic heterocycles. The van der Waals surface area contributed by atoms with Gasteiger partial charge in [-0.05, 0) is 0 Å². The number of nitrogens with zero attached hydrogens (tertiary/aromatic N) is 1. The van der Waals surface area contributed by atoms with Crippen molar-refractivity contribution in [2.24, 2.45) is 5.92 Å². The average molecular weight is 206 g/mol. The second-order valence-corrected chi connectivity index (χ2v) is 4.56. The lowest BCUT2D eigenvalue weighted by Crippen LogP contribution is -2.41. The van der Waals surface area contributed by atoms with Crippen LogP contribution < -0.4 is 0 Å². The molecule has 4 heteroatoms. The van der Waals surface area contributed by atoms with Crippen LogP contribution in [0.25, 0.3) is 0 Å². The molecule has 0 amide bonds. The van der Waals surface area contributed by atoms with Crippen molar-refractivity contribution >= 4 is 11.6 Å². The number of rotatable bonds is 2. The molecule has 2 unspecified atom stereocenters. The molecule has 2 fully saturated rings. The fourth-order valence-electron chi connectivity index (χ4n) is 1.69. The summed E-state index contributed by atoms with van der Waals surface area (Å²) in [6.45, 7) is 7.65. The van der Waals surface area contributed by atoms with Gasteiger partial charge >= 0.3 is 0 Å². The quantitative estimate of drug-likeness (QED) is 0.502. The highest BCUT2D eigenvalue weighted by Crippen LogP contribution is 2.48. The first-order chi connectivity index (χ1) is 6.14.